The summed E-state index contributed by atoms with van der Waals surface area (Å²) < 4.78 is 5.65. The highest BCUT2D eigenvalue weighted by atomic mass is 16.5. The Morgan fingerprint density at radius 1 is 1.47 bits per heavy atom. The SMILES string of the molecule is C=C[C@](C)(O)c1ccc2c(c1)C(C)(C)CCO2. The van der Waals surface area contributed by atoms with Gasteiger partial charge in [0.15, 0.2) is 0 Å². The first-order valence-corrected chi connectivity index (χ1v) is 6.00. The van der Waals surface area contributed by atoms with E-state index in [0.717, 1.165) is 24.3 Å². The van der Waals surface area contributed by atoms with E-state index in [2.05, 4.69) is 20.4 Å². The molecule has 1 aliphatic heterocycles. The molecule has 0 radical (unpaired) electrons. The number of hydrogen-bond donors (Lipinski definition) is 1. The van der Waals surface area contributed by atoms with Crippen LogP contribution in [0.3, 0.4) is 0 Å². The van der Waals surface area contributed by atoms with Crippen LogP contribution in [0.25, 0.3) is 0 Å². The van der Waals surface area contributed by atoms with E-state index in [1.54, 1.807) is 13.0 Å². The molecule has 2 nitrogen and oxygen atoms in total. The van der Waals surface area contributed by atoms with Gasteiger partial charge < -0.3 is 9.84 Å². The summed E-state index contributed by atoms with van der Waals surface area (Å²) >= 11 is 0. The van der Waals surface area contributed by atoms with Gasteiger partial charge in [-0.1, -0.05) is 32.6 Å². The first-order valence-electron chi connectivity index (χ1n) is 6.00. The van der Waals surface area contributed by atoms with E-state index < -0.39 is 5.60 Å². The molecule has 0 aliphatic carbocycles. The summed E-state index contributed by atoms with van der Waals surface area (Å²) in [6.45, 7) is 10.6. The molecule has 0 aromatic heterocycles. The number of rotatable bonds is 2. The molecule has 1 atom stereocenters. The Kier molecular flexibility index (Phi) is 2.78. The minimum Gasteiger partial charge on any atom is -0.493 e. The Morgan fingerprint density at radius 3 is 2.82 bits per heavy atom. The highest BCUT2D eigenvalue weighted by molar-refractivity contribution is 5.45. The topological polar surface area (TPSA) is 29.5 Å². The Balaban J connectivity index is 2.52. The highest BCUT2D eigenvalue weighted by Gasteiger charge is 2.30. The summed E-state index contributed by atoms with van der Waals surface area (Å²) in [6.07, 6.45) is 2.56. The van der Waals surface area contributed by atoms with E-state index in [0.29, 0.717) is 0 Å². The minimum atomic E-state index is -0.984. The summed E-state index contributed by atoms with van der Waals surface area (Å²) in [5.74, 6) is 0.935. The molecule has 17 heavy (non-hydrogen) atoms. The Labute approximate surface area is 103 Å². The first-order chi connectivity index (χ1) is 7.87. The second-order valence-corrected chi connectivity index (χ2v) is 5.54. The van der Waals surface area contributed by atoms with E-state index in [1.165, 1.54) is 5.56 Å². The van der Waals surface area contributed by atoms with Gasteiger partial charge in [0, 0.05) is 5.56 Å². The van der Waals surface area contributed by atoms with Crippen LogP contribution >= 0.6 is 0 Å². The maximum Gasteiger partial charge on any atom is 0.123 e. The van der Waals surface area contributed by atoms with Crippen molar-refractivity contribution in [3.05, 3.63) is 42.0 Å². The molecule has 1 N–H and O–H groups in total. The van der Waals surface area contributed by atoms with Gasteiger partial charge in [0.25, 0.3) is 0 Å². The van der Waals surface area contributed by atoms with Crippen molar-refractivity contribution in [3.8, 4) is 5.75 Å². The van der Waals surface area contributed by atoms with Gasteiger partial charge in [-0.15, -0.1) is 0 Å². The summed E-state index contributed by atoms with van der Waals surface area (Å²) in [5.41, 5.74) is 1.15. The van der Waals surface area contributed by atoms with Crippen LogP contribution in [-0.2, 0) is 11.0 Å². The molecule has 0 saturated heterocycles. The van der Waals surface area contributed by atoms with Gasteiger partial charge in [-0.2, -0.15) is 0 Å². The lowest BCUT2D eigenvalue weighted by Gasteiger charge is -2.33. The molecule has 1 heterocycles. The number of hydrogen-bond acceptors (Lipinski definition) is 2. The van der Waals surface area contributed by atoms with E-state index in [4.69, 9.17) is 4.74 Å². The van der Waals surface area contributed by atoms with Crippen molar-refractivity contribution in [2.24, 2.45) is 0 Å². The first kappa shape index (κ1) is 12.2. The number of benzene rings is 1. The van der Waals surface area contributed by atoms with Crippen molar-refractivity contribution in [2.75, 3.05) is 6.61 Å². The minimum absolute atomic E-state index is 0.0981. The zero-order valence-electron chi connectivity index (χ0n) is 10.8. The average Bonchev–Trinajstić information content (AvgIpc) is 2.28. The van der Waals surface area contributed by atoms with Gasteiger partial charge in [0.05, 0.1) is 6.61 Å². The quantitative estimate of drug-likeness (QED) is 0.794. The molecule has 1 aromatic rings. The number of aliphatic hydroxyl groups is 1. The Morgan fingerprint density at radius 2 is 2.18 bits per heavy atom. The van der Waals surface area contributed by atoms with E-state index >= 15 is 0 Å². The molecule has 2 heteroatoms. The van der Waals surface area contributed by atoms with Crippen LogP contribution < -0.4 is 4.74 Å². The van der Waals surface area contributed by atoms with Crippen LogP contribution in [0.1, 0.15) is 38.3 Å². The van der Waals surface area contributed by atoms with Crippen molar-refractivity contribution < 1.29 is 9.84 Å². The van der Waals surface area contributed by atoms with E-state index in [9.17, 15) is 5.11 Å². The molecule has 0 unspecified atom stereocenters. The normalized spacial score (nSPS) is 20.9. The molecule has 0 bridgehead atoms. The lowest BCUT2D eigenvalue weighted by atomic mass is 9.78. The third-order valence-corrected chi connectivity index (χ3v) is 3.68. The Hall–Kier alpha value is -1.28. The highest BCUT2D eigenvalue weighted by Crippen LogP contribution is 2.40. The molecule has 92 valence electrons. The van der Waals surface area contributed by atoms with Crippen molar-refractivity contribution in [1.82, 2.24) is 0 Å². The lowest BCUT2D eigenvalue weighted by molar-refractivity contribution is 0.111. The largest absolute Gasteiger partial charge is 0.493 e. The standard InChI is InChI=1S/C15H20O2/c1-5-15(4,16)11-6-7-13-12(10-11)14(2,3)8-9-17-13/h5-7,10,16H,1,8-9H2,2-4H3/t15-/m0/s1. The van der Waals surface area contributed by atoms with E-state index in [-0.39, 0.29) is 5.41 Å². The maximum atomic E-state index is 10.2. The predicted molar refractivity (Wildman–Crippen MR) is 69.3 cm³/mol. The van der Waals surface area contributed by atoms with Gasteiger partial charge in [0.1, 0.15) is 11.4 Å². The Bertz CT molecular complexity index is 444. The molecule has 0 spiro atoms. The molecule has 1 aromatic carbocycles. The van der Waals surface area contributed by atoms with Crippen LogP contribution in [0, 0.1) is 0 Å². The second-order valence-electron chi connectivity index (χ2n) is 5.54. The number of ether oxygens (including phenoxy) is 1. The third kappa shape index (κ3) is 2.09. The van der Waals surface area contributed by atoms with Gasteiger partial charge in [0.2, 0.25) is 0 Å². The summed E-state index contributed by atoms with van der Waals surface area (Å²) in [5, 5.41) is 10.2. The fourth-order valence-corrected chi connectivity index (χ4v) is 2.17. The van der Waals surface area contributed by atoms with Crippen LogP contribution in [0.5, 0.6) is 5.75 Å². The predicted octanol–water partition coefficient (Wildman–Crippen LogP) is 3.14. The fraction of sp³-hybridized carbons (Fsp3) is 0.467. The van der Waals surface area contributed by atoms with Crippen LogP contribution in [-0.4, -0.2) is 11.7 Å². The molecule has 0 amide bonds. The van der Waals surface area contributed by atoms with Gasteiger partial charge in [-0.05, 0) is 36.5 Å². The zero-order valence-corrected chi connectivity index (χ0v) is 10.8. The zero-order chi connectivity index (χ0) is 12.7. The molecular formula is C15H20O2. The van der Waals surface area contributed by atoms with Crippen molar-refractivity contribution in [3.63, 3.8) is 0 Å². The van der Waals surface area contributed by atoms with E-state index in [1.807, 2.05) is 18.2 Å². The summed E-state index contributed by atoms with van der Waals surface area (Å²) in [7, 11) is 0. The van der Waals surface area contributed by atoms with Gasteiger partial charge in [-0.25, -0.2) is 0 Å². The van der Waals surface area contributed by atoms with Crippen molar-refractivity contribution in [2.45, 2.75) is 38.2 Å². The van der Waals surface area contributed by atoms with Gasteiger partial charge >= 0.3 is 0 Å². The summed E-state index contributed by atoms with van der Waals surface area (Å²) in [4.78, 5) is 0. The maximum absolute atomic E-state index is 10.2. The molecule has 0 fully saturated rings. The average molecular weight is 232 g/mol. The van der Waals surface area contributed by atoms with Crippen LogP contribution in [0.4, 0.5) is 0 Å². The van der Waals surface area contributed by atoms with Crippen molar-refractivity contribution >= 4 is 0 Å². The molecule has 1 aliphatic rings. The third-order valence-electron chi connectivity index (χ3n) is 3.68. The smallest absolute Gasteiger partial charge is 0.123 e. The monoisotopic (exact) mass is 232 g/mol. The fourth-order valence-electron chi connectivity index (χ4n) is 2.17. The van der Waals surface area contributed by atoms with Gasteiger partial charge in [-0.3, -0.25) is 0 Å². The lowest BCUT2D eigenvalue weighted by Crippen LogP contribution is -2.28. The molecular weight excluding hydrogens is 212 g/mol. The number of fused-ring (bicyclic) bond motifs is 1. The molecule has 0 saturated carbocycles. The van der Waals surface area contributed by atoms with Crippen LogP contribution in [0.15, 0.2) is 30.9 Å². The second kappa shape index (κ2) is 3.88. The van der Waals surface area contributed by atoms with Crippen molar-refractivity contribution in [1.29, 1.82) is 0 Å². The molecule has 2 rings (SSSR count). The summed E-state index contributed by atoms with van der Waals surface area (Å²) in [6, 6.07) is 5.89. The van der Waals surface area contributed by atoms with Crippen LogP contribution in [0.2, 0.25) is 0 Å².